The van der Waals surface area contributed by atoms with E-state index < -0.39 is 18.7 Å². The second-order valence-electron chi connectivity index (χ2n) is 5.43. The van der Waals surface area contributed by atoms with E-state index in [-0.39, 0.29) is 6.54 Å². The number of halogens is 3. The van der Waals surface area contributed by atoms with Crippen molar-refractivity contribution in [2.75, 3.05) is 44.7 Å². The SMILES string of the molecule is COc1ccccc1N1CCN(CC(O)CC(F)(F)F)CC1. The first-order chi connectivity index (χ1) is 10.4. The lowest BCUT2D eigenvalue weighted by Gasteiger charge is -2.37. The molecule has 0 saturated carbocycles. The van der Waals surface area contributed by atoms with E-state index in [1.807, 2.05) is 29.2 Å². The molecule has 22 heavy (non-hydrogen) atoms. The molecule has 1 aromatic rings. The number of methoxy groups -OCH3 is 1. The molecule has 1 N–H and O–H groups in total. The van der Waals surface area contributed by atoms with E-state index in [0.29, 0.717) is 26.2 Å². The molecule has 1 atom stereocenters. The molecule has 1 aromatic carbocycles. The number of alkyl halides is 3. The number of β-amino-alcohol motifs (C(OH)–C–C–N with tert-alkyl or cyclic N) is 1. The van der Waals surface area contributed by atoms with Crippen molar-refractivity contribution >= 4 is 5.69 Å². The Morgan fingerprint density at radius 1 is 1.18 bits per heavy atom. The number of aliphatic hydroxyl groups excluding tert-OH is 1. The van der Waals surface area contributed by atoms with Crippen molar-refractivity contribution in [1.29, 1.82) is 0 Å². The fourth-order valence-corrected chi connectivity index (χ4v) is 2.69. The van der Waals surface area contributed by atoms with Gasteiger partial charge >= 0.3 is 6.18 Å². The third-order valence-corrected chi connectivity index (χ3v) is 3.73. The molecule has 2 rings (SSSR count). The van der Waals surface area contributed by atoms with Crippen LogP contribution < -0.4 is 9.64 Å². The van der Waals surface area contributed by atoms with Crippen molar-refractivity contribution in [2.24, 2.45) is 0 Å². The molecular weight excluding hydrogens is 297 g/mol. The fourth-order valence-electron chi connectivity index (χ4n) is 2.69. The molecule has 0 spiro atoms. The zero-order chi connectivity index (χ0) is 16.2. The van der Waals surface area contributed by atoms with E-state index in [1.165, 1.54) is 0 Å². The van der Waals surface area contributed by atoms with Crippen molar-refractivity contribution in [1.82, 2.24) is 4.90 Å². The Morgan fingerprint density at radius 2 is 1.82 bits per heavy atom. The molecule has 7 heteroatoms. The summed E-state index contributed by atoms with van der Waals surface area (Å²) in [5, 5.41) is 9.51. The van der Waals surface area contributed by atoms with Gasteiger partial charge in [0.1, 0.15) is 5.75 Å². The summed E-state index contributed by atoms with van der Waals surface area (Å²) in [6.45, 7) is 2.68. The monoisotopic (exact) mass is 318 g/mol. The Labute approximate surface area is 128 Å². The largest absolute Gasteiger partial charge is 0.495 e. The molecule has 1 aliphatic heterocycles. The van der Waals surface area contributed by atoms with Crippen molar-refractivity contribution in [3.63, 3.8) is 0 Å². The van der Waals surface area contributed by atoms with Gasteiger partial charge < -0.3 is 14.7 Å². The van der Waals surface area contributed by atoms with Gasteiger partial charge in [-0.3, -0.25) is 4.90 Å². The van der Waals surface area contributed by atoms with E-state index in [2.05, 4.69) is 4.90 Å². The number of hydrogen-bond acceptors (Lipinski definition) is 4. The van der Waals surface area contributed by atoms with E-state index >= 15 is 0 Å². The van der Waals surface area contributed by atoms with E-state index in [0.717, 1.165) is 11.4 Å². The van der Waals surface area contributed by atoms with Gasteiger partial charge in [-0.1, -0.05) is 12.1 Å². The molecule has 0 aliphatic carbocycles. The van der Waals surface area contributed by atoms with Crippen LogP contribution in [0.5, 0.6) is 5.75 Å². The highest BCUT2D eigenvalue weighted by Crippen LogP contribution is 2.28. The molecule has 1 aliphatic rings. The van der Waals surface area contributed by atoms with E-state index in [1.54, 1.807) is 7.11 Å². The fraction of sp³-hybridized carbons (Fsp3) is 0.600. The van der Waals surface area contributed by atoms with Crippen LogP contribution in [-0.2, 0) is 0 Å². The molecule has 1 saturated heterocycles. The van der Waals surface area contributed by atoms with Crippen molar-refractivity contribution in [2.45, 2.75) is 18.7 Å². The average molecular weight is 318 g/mol. The van der Waals surface area contributed by atoms with Gasteiger partial charge in [-0.2, -0.15) is 13.2 Å². The number of hydrogen-bond donors (Lipinski definition) is 1. The Morgan fingerprint density at radius 3 is 2.41 bits per heavy atom. The van der Waals surface area contributed by atoms with Crippen LogP contribution in [0, 0.1) is 0 Å². The molecular formula is C15H21F3N2O2. The van der Waals surface area contributed by atoms with Crippen molar-refractivity contribution in [3.05, 3.63) is 24.3 Å². The van der Waals surface area contributed by atoms with Gasteiger partial charge in [-0.15, -0.1) is 0 Å². The maximum absolute atomic E-state index is 12.2. The lowest BCUT2D eigenvalue weighted by atomic mass is 10.2. The number of aliphatic hydroxyl groups is 1. The molecule has 0 bridgehead atoms. The Kier molecular flexibility index (Phi) is 5.52. The molecule has 0 radical (unpaired) electrons. The second kappa shape index (κ2) is 7.19. The molecule has 1 heterocycles. The summed E-state index contributed by atoms with van der Waals surface area (Å²) in [5.41, 5.74) is 0.987. The molecule has 124 valence electrons. The minimum atomic E-state index is -4.32. The summed E-state index contributed by atoms with van der Waals surface area (Å²) in [6.07, 6.45) is -6.84. The zero-order valence-electron chi connectivity index (χ0n) is 12.5. The van der Waals surface area contributed by atoms with Crippen LogP contribution in [0.15, 0.2) is 24.3 Å². The van der Waals surface area contributed by atoms with Crippen molar-refractivity contribution in [3.8, 4) is 5.75 Å². The first kappa shape index (κ1) is 16.9. The third-order valence-electron chi connectivity index (χ3n) is 3.73. The number of piperazine rings is 1. The lowest BCUT2D eigenvalue weighted by Crippen LogP contribution is -2.49. The quantitative estimate of drug-likeness (QED) is 0.902. The van der Waals surface area contributed by atoms with Crippen LogP contribution in [0.1, 0.15) is 6.42 Å². The maximum atomic E-state index is 12.2. The minimum absolute atomic E-state index is 0.0548. The Balaban J connectivity index is 1.85. The smallest absolute Gasteiger partial charge is 0.391 e. The highest BCUT2D eigenvalue weighted by molar-refractivity contribution is 5.58. The van der Waals surface area contributed by atoms with Gasteiger partial charge in [-0.05, 0) is 12.1 Å². The van der Waals surface area contributed by atoms with Crippen molar-refractivity contribution < 1.29 is 23.0 Å². The highest BCUT2D eigenvalue weighted by atomic mass is 19.4. The molecule has 1 fully saturated rings. The normalized spacial score (nSPS) is 18.3. The Bertz CT molecular complexity index is 474. The second-order valence-corrected chi connectivity index (χ2v) is 5.43. The van der Waals surface area contributed by atoms with Gasteiger partial charge in [0.15, 0.2) is 0 Å². The first-order valence-electron chi connectivity index (χ1n) is 7.24. The van der Waals surface area contributed by atoms with Gasteiger partial charge in [0.2, 0.25) is 0 Å². The predicted molar refractivity (Wildman–Crippen MR) is 78.3 cm³/mol. The topological polar surface area (TPSA) is 35.9 Å². The number of para-hydroxylation sites is 2. The summed E-state index contributed by atoms with van der Waals surface area (Å²) in [6, 6.07) is 7.67. The summed E-state index contributed by atoms with van der Waals surface area (Å²) >= 11 is 0. The van der Waals surface area contributed by atoms with E-state index in [9.17, 15) is 18.3 Å². The van der Waals surface area contributed by atoms with Gasteiger partial charge in [0, 0.05) is 32.7 Å². The number of nitrogens with zero attached hydrogens (tertiary/aromatic N) is 2. The maximum Gasteiger partial charge on any atom is 0.391 e. The highest BCUT2D eigenvalue weighted by Gasteiger charge is 2.32. The number of benzene rings is 1. The first-order valence-corrected chi connectivity index (χ1v) is 7.24. The average Bonchev–Trinajstić information content (AvgIpc) is 2.46. The molecule has 0 aromatic heterocycles. The van der Waals surface area contributed by atoms with Gasteiger partial charge in [0.25, 0.3) is 0 Å². The van der Waals surface area contributed by atoms with Crippen LogP contribution in [0.4, 0.5) is 18.9 Å². The van der Waals surface area contributed by atoms with Crippen LogP contribution in [0.3, 0.4) is 0 Å². The summed E-state index contributed by atoms with van der Waals surface area (Å²) in [7, 11) is 1.61. The van der Waals surface area contributed by atoms with Gasteiger partial charge in [-0.25, -0.2) is 0 Å². The zero-order valence-corrected chi connectivity index (χ0v) is 12.5. The van der Waals surface area contributed by atoms with E-state index in [4.69, 9.17) is 4.74 Å². The number of anilines is 1. The van der Waals surface area contributed by atoms with Gasteiger partial charge in [0.05, 0.1) is 25.3 Å². The molecule has 0 amide bonds. The summed E-state index contributed by atoms with van der Waals surface area (Å²) in [4.78, 5) is 4.01. The summed E-state index contributed by atoms with van der Waals surface area (Å²) < 4.78 is 42.0. The standard InChI is InChI=1S/C15H21F3N2O2/c1-22-14-5-3-2-4-13(14)20-8-6-19(7-9-20)11-12(21)10-15(16,17)18/h2-5,12,21H,6-11H2,1H3. The summed E-state index contributed by atoms with van der Waals surface area (Å²) in [5.74, 6) is 0.785. The Hall–Kier alpha value is -1.47. The van der Waals surface area contributed by atoms with Crippen LogP contribution in [0.2, 0.25) is 0 Å². The molecule has 4 nitrogen and oxygen atoms in total. The lowest BCUT2D eigenvalue weighted by molar-refractivity contribution is -0.155. The van der Waals surface area contributed by atoms with Crippen LogP contribution in [-0.4, -0.2) is 62.1 Å². The number of ether oxygens (including phenoxy) is 1. The minimum Gasteiger partial charge on any atom is -0.495 e. The molecule has 1 unspecified atom stereocenters. The predicted octanol–water partition coefficient (Wildman–Crippen LogP) is 2.13. The van der Waals surface area contributed by atoms with Crippen LogP contribution in [0.25, 0.3) is 0 Å². The van der Waals surface area contributed by atoms with Crippen LogP contribution >= 0.6 is 0 Å². The third kappa shape index (κ3) is 4.78. The number of rotatable bonds is 5.